The highest BCUT2D eigenvalue weighted by molar-refractivity contribution is 9.10. The van der Waals surface area contributed by atoms with Crippen molar-refractivity contribution in [2.24, 2.45) is 0 Å². The zero-order valence-electron chi connectivity index (χ0n) is 9.33. The number of nitrogen functional groups attached to an aromatic ring is 1. The quantitative estimate of drug-likeness (QED) is 0.505. The van der Waals surface area contributed by atoms with Crippen molar-refractivity contribution >= 4 is 31.6 Å². The molecule has 0 amide bonds. The molecule has 0 heterocycles. The predicted octanol–water partition coefficient (Wildman–Crippen LogP) is 1.72. The molecule has 0 radical (unpaired) electrons. The largest absolute Gasteiger partial charge is 0.398 e. The van der Waals surface area contributed by atoms with Gasteiger partial charge in [-0.25, -0.2) is 13.1 Å². The van der Waals surface area contributed by atoms with Gasteiger partial charge in [-0.1, -0.05) is 15.9 Å². The first-order valence-corrected chi connectivity index (χ1v) is 7.19. The first-order valence-electron chi connectivity index (χ1n) is 4.91. The summed E-state index contributed by atoms with van der Waals surface area (Å²) < 4.78 is 26.9. The number of anilines is 1. The highest BCUT2D eigenvalue weighted by atomic mass is 79.9. The van der Waals surface area contributed by atoms with Crippen molar-refractivity contribution in [3.8, 4) is 11.8 Å². The summed E-state index contributed by atoms with van der Waals surface area (Å²) in [7, 11) is -3.57. The maximum atomic E-state index is 11.9. The van der Waals surface area contributed by atoms with Gasteiger partial charge in [-0.3, -0.25) is 0 Å². The fourth-order valence-electron chi connectivity index (χ4n) is 1.19. The summed E-state index contributed by atoms with van der Waals surface area (Å²) >= 11 is 3.21. The summed E-state index contributed by atoms with van der Waals surface area (Å²) in [5.74, 6) is 5.48. The van der Waals surface area contributed by atoms with E-state index < -0.39 is 10.0 Å². The maximum absolute atomic E-state index is 11.9. The Hall–Kier alpha value is -1.03. The second-order valence-electron chi connectivity index (χ2n) is 3.26. The third-order valence-electron chi connectivity index (χ3n) is 1.98. The van der Waals surface area contributed by atoms with E-state index in [1.54, 1.807) is 19.1 Å². The van der Waals surface area contributed by atoms with Crippen molar-refractivity contribution < 1.29 is 8.42 Å². The predicted molar refractivity (Wildman–Crippen MR) is 71.8 cm³/mol. The van der Waals surface area contributed by atoms with Crippen LogP contribution in [0.25, 0.3) is 0 Å². The smallest absolute Gasteiger partial charge is 0.242 e. The molecule has 4 nitrogen and oxygen atoms in total. The zero-order chi connectivity index (χ0) is 12.9. The molecule has 1 aromatic carbocycles. The Kier molecular flexibility index (Phi) is 5.00. The van der Waals surface area contributed by atoms with E-state index in [0.717, 1.165) is 0 Å². The van der Waals surface area contributed by atoms with Crippen LogP contribution in [0, 0.1) is 11.8 Å². The number of sulfonamides is 1. The van der Waals surface area contributed by atoms with E-state index in [-0.39, 0.29) is 17.1 Å². The summed E-state index contributed by atoms with van der Waals surface area (Å²) in [5.41, 5.74) is 5.86. The van der Waals surface area contributed by atoms with Gasteiger partial charge >= 0.3 is 0 Å². The van der Waals surface area contributed by atoms with Gasteiger partial charge in [0, 0.05) is 17.4 Å². The summed E-state index contributed by atoms with van der Waals surface area (Å²) in [6.07, 6.45) is 0.476. The van der Waals surface area contributed by atoms with E-state index in [1.165, 1.54) is 6.07 Å². The van der Waals surface area contributed by atoms with Crippen molar-refractivity contribution in [2.45, 2.75) is 18.2 Å². The van der Waals surface area contributed by atoms with Crippen LogP contribution in [0.15, 0.2) is 27.6 Å². The van der Waals surface area contributed by atoms with Crippen LogP contribution in [-0.4, -0.2) is 15.0 Å². The molecule has 17 heavy (non-hydrogen) atoms. The molecular weight excluding hydrogens is 304 g/mol. The van der Waals surface area contributed by atoms with E-state index in [2.05, 4.69) is 32.5 Å². The fourth-order valence-corrected chi connectivity index (χ4v) is 2.89. The number of rotatable bonds is 4. The molecule has 0 aliphatic carbocycles. The number of hydrogen-bond donors (Lipinski definition) is 2. The van der Waals surface area contributed by atoms with Crippen LogP contribution in [0.5, 0.6) is 0 Å². The van der Waals surface area contributed by atoms with Crippen molar-refractivity contribution in [3.05, 3.63) is 22.7 Å². The first-order chi connectivity index (χ1) is 7.97. The van der Waals surface area contributed by atoms with Gasteiger partial charge in [-0.15, -0.1) is 11.8 Å². The summed E-state index contributed by atoms with van der Waals surface area (Å²) in [4.78, 5) is 0.0799. The lowest BCUT2D eigenvalue weighted by molar-refractivity contribution is 0.583. The van der Waals surface area contributed by atoms with Crippen LogP contribution in [0.2, 0.25) is 0 Å². The van der Waals surface area contributed by atoms with E-state index >= 15 is 0 Å². The van der Waals surface area contributed by atoms with Crippen molar-refractivity contribution in [2.75, 3.05) is 12.3 Å². The van der Waals surface area contributed by atoms with Gasteiger partial charge in [-0.2, -0.15) is 0 Å². The average Bonchev–Trinajstić information content (AvgIpc) is 2.28. The molecule has 92 valence electrons. The first kappa shape index (κ1) is 14.0. The number of nitrogens with one attached hydrogen (secondary N) is 1. The maximum Gasteiger partial charge on any atom is 0.242 e. The van der Waals surface area contributed by atoms with E-state index in [4.69, 9.17) is 5.73 Å². The molecule has 0 atom stereocenters. The normalized spacial score (nSPS) is 10.7. The summed E-state index contributed by atoms with van der Waals surface area (Å²) in [6, 6.07) is 4.71. The Labute approximate surface area is 110 Å². The molecule has 0 spiro atoms. The molecule has 0 aliphatic rings. The Morgan fingerprint density at radius 1 is 1.47 bits per heavy atom. The summed E-state index contributed by atoms with van der Waals surface area (Å²) in [5, 5.41) is 0. The highest BCUT2D eigenvalue weighted by Gasteiger charge is 2.16. The number of nitrogens with two attached hydrogens (primary N) is 1. The molecular formula is C11H13BrN2O2S. The van der Waals surface area contributed by atoms with Gasteiger partial charge < -0.3 is 5.73 Å². The van der Waals surface area contributed by atoms with Crippen LogP contribution in [-0.2, 0) is 10.0 Å². The van der Waals surface area contributed by atoms with Gasteiger partial charge in [0.15, 0.2) is 0 Å². The third-order valence-corrected chi connectivity index (χ3v) is 3.99. The van der Waals surface area contributed by atoms with Gasteiger partial charge in [0.2, 0.25) is 10.0 Å². The lowest BCUT2D eigenvalue weighted by atomic mass is 10.3. The van der Waals surface area contributed by atoms with Crippen molar-refractivity contribution in [1.82, 2.24) is 4.72 Å². The van der Waals surface area contributed by atoms with E-state index in [9.17, 15) is 8.42 Å². The van der Waals surface area contributed by atoms with Crippen LogP contribution in [0.1, 0.15) is 13.3 Å². The van der Waals surface area contributed by atoms with Crippen molar-refractivity contribution in [1.29, 1.82) is 0 Å². The Morgan fingerprint density at radius 2 is 2.18 bits per heavy atom. The van der Waals surface area contributed by atoms with Crippen LogP contribution >= 0.6 is 15.9 Å². The number of benzene rings is 1. The Bertz CT molecular complexity index is 559. The topological polar surface area (TPSA) is 72.2 Å². The standard InChI is InChI=1S/C11H13BrN2O2S/c1-2-3-4-7-14-17(15,16)11-8-9(12)5-6-10(11)13/h5-6,8,14H,4,7,13H2,1H3. The minimum Gasteiger partial charge on any atom is -0.398 e. The van der Waals surface area contributed by atoms with E-state index in [0.29, 0.717) is 10.9 Å². The molecule has 0 fully saturated rings. The fraction of sp³-hybridized carbons (Fsp3) is 0.273. The molecule has 0 aromatic heterocycles. The molecule has 0 aliphatic heterocycles. The second kappa shape index (κ2) is 6.05. The molecule has 1 aromatic rings. The molecule has 0 saturated heterocycles. The third kappa shape index (κ3) is 4.04. The van der Waals surface area contributed by atoms with Crippen molar-refractivity contribution in [3.63, 3.8) is 0 Å². The molecule has 0 unspecified atom stereocenters. The van der Waals surface area contributed by atoms with Crippen LogP contribution in [0.3, 0.4) is 0 Å². The van der Waals surface area contributed by atoms with Gasteiger partial charge in [0.1, 0.15) is 4.90 Å². The molecule has 3 N–H and O–H groups in total. The minimum atomic E-state index is -3.57. The second-order valence-corrected chi connectivity index (χ2v) is 5.91. The van der Waals surface area contributed by atoms with Gasteiger partial charge in [0.25, 0.3) is 0 Å². The number of hydrogen-bond acceptors (Lipinski definition) is 3. The van der Waals surface area contributed by atoms with Crippen LogP contribution in [0.4, 0.5) is 5.69 Å². The summed E-state index contributed by atoms with van der Waals surface area (Å²) in [6.45, 7) is 1.98. The van der Waals surface area contributed by atoms with Gasteiger partial charge in [-0.05, 0) is 25.1 Å². The molecule has 6 heteroatoms. The monoisotopic (exact) mass is 316 g/mol. The Morgan fingerprint density at radius 3 is 2.82 bits per heavy atom. The molecule has 0 saturated carbocycles. The lowest BCUT2D eigenvalue weighted by Crippen LogP contribution is -2.25. The molecule has 1 rings (SSSR count). The minimum absolute atomic E-state index is 0.0799. The Balaban J connectivity index is 2.88. The SMILES string of the molecule is CC#CCCNS(=O)(=O)c1cc(Br)ccc1N. The average molecular weight is 317 g/mol. The lowest BCUT2D eigenvalue weighted by Gasteiger charge is -2.08. The molecule has 0 bridgehead atoms. The highest BCUT2D eigenvalue weighted by Crippen LogP contribution is 2.22. The van der Waals surface area contributed by atoms with Crippen LogP contribution < -0.4 is 10.5 Å². The van der Waals surface area contributed by atoms with E-state index in [1.807, 2.05) is 0 Å². The zero-order valence-corrected chi connectivity index (χ0v) is 11.7. The van der Waals surface area contributed by atoms with Gasteiger partial charge in [0.05, 0.1) is 5.69 Å². The number of halogens is 1.